The molecule has 0 rings (SSSR count). The lowest BCUT2D eigenvalue weighted by atomic mass is 10.2. The van der Waals surface area contributed by atoms with Gasteiger partial charge in [0.1, 0.15) is 18.3 Å². The topological polar surface area (TPSA) is 101 Å². The quantitative estimate of drug-likeness (QED) is 0.278. The molecular weight excluding hydrogens is 141 g/mol. The molecule has 5 nitrogen and oxygen atoms in total. The predicted octanol–water partition coefficient (Wildman–Crippen LogP) is -2.95. The van der Waals surface area contributed by atoms with Gasteiger partial charge in [0.05, 0.1) is 13.2 Å². The van der Waals surface area contributed by atoms with E-state index in [1.165, 1.54) is 0 Å². The fourth-order valence-electron chi connectivity index (χ4n) is 0.472. The molecule has 0 amide bonds. The Morgan fingerprint density at radius 1 is 0.800 bits per heavy atom. The molecule has 5 N–H and O–H groups in total. The molecule has 0 aromatic heterocycles. The van der Waals surface area contributed by atoms with Crippen molar-refractivity contribution in [1.82, 2.24) is 0 Å². The molecule has 5 heteroatoms. The van der Waals surface area contributed by atoms with Crippen molar-refractivity contribution in [2.45, 2.75) is 18.3 Å². The minimum Gasteiger partial charge on any atom is -0.394 e. The average molecular weight is 153 g/mol. The largest absolute Gasteiger partial charge is 0.394 e. The van der Waals surface area contributed by atoms with Gasteiger partial charge in [-0.1, -0.05) is 0 Å². The van der Waals surface area contributed by atoms with Gasteiger partial charge in [-0.25, -0.2) is 0 Å². The Morgan fingerprint density at radius 3 is 1.30 bits per heavy atom. The Hall–Kier alpha value is -0.200. The van der Waals surface area contributed by atoms with E-state index < -0.39 is 31.5 Å². The van der Waals surface area contributed by atoms with E-state index in [9.17, 15) is 0 Å². The number of aliphatic hydroxyl groups is 5. The van der Waals surface area contributed by atoms with Crippen LogP contribution in [0.4, 0.5) is 0 Å². The van der Waals surface area contributed by atoms with Gasteiger partial charge in [-0.15, -0.1) is 0 Å². The zero-order valence-corrected chi connectivity index (χ0v) is 5.38. The van der Waals surface area contributed by atoms with Crippen LogP contribution in [0.2, 0.25) is 0 Å². The molecule has 0 saturated carbocycles. The van der Waals surface area contributed by atoms with E-state index in [0.717, 1.165) is 0 Å². The van der Waals surface area contributed by atoms with Crippen molar-refractivity contribution in [1.29, 1.82) is 0 Å². The highest BCUT2D eigenvalue weighted by Crippen LogP contribution is 1.97. The third kappa shape index (κ3) is 2.59. The zero-order chi connectivity index (χ0) is 8.15. The summed E-state index contributed by atoms with van der Waals surface area (Å²) in [6.07, 6.45) is -4.29. The Balaban J connectivity index is 3.69. The SMILES string of the molecule is OC[C@H](O)[C@@H](O)[C@H](O)[13CH2]O. The van der Waals surface area contributed by atoms with Crippen molar-refractivity contribution in [3.05, 3.63) is 0 Å². The summed E-state index contributed by atoms with van der Waals surface area (Å²) in [7, 11) is 0. The van der Waals surface area contributed by atoms with Gasteiger partial charge in [0, 0.05) is 0 Å². The summed E-state index contributed by atoms with van der Waals surface area (Å²) >= 11 is 0. The van der Waals surface area contributed by atoms with Crippen LogP contribution in [-0.2, 0) is 0 Å². The second kappa shape index (κ2) is 4.59. The van der Waals surface area contributed by atoms with Gasteiger partial charge < -0.3 is 25.5 Å². The van der Waals surface area contributed by atoms with Crippen LogP contribution in [0, 0.1) is 0 Å². The summed E-state index contributed by atoms with van der Waals surface area (Å²) < 4.78 is 0. The lowest BCUT2D eigenvalue weighted by molar-refractivity contribution is -0.0900. The van der Waals surface area contributed by atoms with Gasteiger partial charge in [0.2, 0.25) is 0 Å². The van der Waals surface area contributed by atoms with Crippen LogP contribution in [0.25, 0.3) is 0 Å². The van der Waals surface area contributed by atoms with Crippen LogP contribution in [0.15, 0.2) is 0 Å². The maximum absolute atomic E-state index is 8.77. The highest BCUT2D eigenvalue weighted by atomic mass is 16.4. The van der Waals surface area contributed by atoms with Crippen molar-refractivity contribution < 1.29 is 25.5 Å². The summed E-state index contributed by atoms with van der Waals surface area (Å²) in [4.78, 5) is 0. The first-order valence-electron chi connectivity index (χ1n) is 2.89. The Bertz CT molecular complexity index is 76.1. The molecule has 0 unspecified atom stereocenters. The molecule has 62 valence electrons. The zero-order valence-electron chi connectivity index (χ0n) is 5.38. The number of hydrogen-bond acceptors (Lipinski definition) is 5. The highest BCUT2D eigenvalue weighted by Gasteiger charge is 2.22. The molecule has 0 heterocycles. The molecule has 0 spiro atoms. The molecule has 0 aliphatic carbocycles. The van der Waals surface area contributed by atoms with Gasteiger partial charge in [-0.2, -0.15) is 0 Å². The number of hydrogen-bond donors (Lipinski definition) is 5. The summed E-state index contributed by atoms with van der Waals surface area (Å²) in [6.45, 7) is -1.28. The average Bonchev–Trinajstić information content (AvgIpc) is 2.00. The lowest BCUT2D eigenvalue weighted by Crippen LogP contribution is -2.41. The van der Waals surface area contributed by atoms with Crippen LogP contribution in [0.1, 0.15) is 0 Å². The Labute approximate surface area is 58.2 Å². The Kier molecular flexibility index (Phi) is 4.50. The van der Waals surface area contributed by atoms with Crippen LogP contribution in [-0.4, -0.2) is 57.1 Å². The van der Waals surface area contributed by atoms with Crippen molar-refractivity contribution in [3.63, 3.8) is 0 Å². The molecule has 10 heavy (non-hydrogen) atoms. The summed E-state index contributed by atoms with van der Waals surface area (Å²) in [5.74, 6) is 0. The first kappa shape index (κ1) is 9.80. The molecule has 0 radical (unpaired) electrons. The van der Waals surface area contributed by atoms with E-state index in [4.69, 9.17) is 25.5 Å². The van der Waals surface area contributed by atoms with Gasteiger partial charge in [0.15, 0.2) is 0 Å². The maximum Gasteiger partial charge on any atom is 0.110 e. The van der Waals surface area contributed by atoms with Gasteiger partial charge >= 0.3 is 0 Å². The van der Waals surface area contributed by atoms with Crippen LogP contribution in [0.3, 0.4) is 0 Å². The molecule has 0 bridgehead atoms. The van der Waals surface area contributed by atoms with E-state index in [1.54, 1.807) is 0 Å². The van der Waals surface area contributed by atoms with Gasteiger partial charge in [-0.05, 0) is 0 Å². The molecule has 0 aliphatic rings. The van der Waals surface area contributed by atoms with Gasteiger partial charge in [0.25, 0.3) is 0 Å². The maximum atomic E-state index is 8.77. The Morgan fingerprint density at radius 2 is 1.10 bits per heavy atom. The molecule has 3 atom stereocenters. The van der Waals surface area contributed by atoms with Crippen LogP contribution >= 0.6 is 0 Å². The van der Waals surface area contributed by atoms with Crippen molar-refractivity contribution in [2.24, 2.45) is 0 Å². The minimum absolute atomic E-state index is 0.641. The first-order chi connectivity index (χ1) is 4.63. The standard InChI is InChI=1S/C5H12O5/c6-1-3(8)5(10)4(9)2-7/h3-10H,1-2H2/t3-,4+,5+/i1+1/m1/s1. The number of aliphatic hydroxyl groups excluding tert-OH is 5. The van der Waals surface area contributed by atoms with Crippen molar-refractivity contribution in [2.75, 3.05) is 13.2 Å². The van der Waals surface area contributed by atoms with E-state index in [-0.39, 0.29) is 0 Å². The molecular formula is C5H12O5. The molecule has 0 aliphatic heterocycles. The molecule has 0 aromatic rings. The molecule has 0 fully saturated rings. The lowest BCUT2D eigenvalue weighted by Gasteiger charge is -2.19. The number of rotatable bonds is 4. The smallest absolute Gasteiger partial charge is 0.110 e. The van der Waals surface area contributed by atoms with Crippen LogP contribution in [0.5, 0.6) is 0 Å². The van der Waals surface area contributed by atoms with E-state index >= 15 is 0 Å². The first-order valence-corrected chi connectivity index (χ1v) is 2.89. The fourth-order valence-corrected chi connectivity index (χ4v) is 0.472. The van der Waals surface area contributed by atoms with E-state index in [2.05, 4.69) is 0 Å². The third-order valence-electron chi connectivity index (χ3n) is 1.16. The van der Waals surface area contributed by atoms with E-state index in [0.29, 0.717) is 0 Å². The third-order valence-corrected chi connectivity index (χ3v) is 1.16. The fraction of sp³-hybridized carbons (Fsp3) is 1.00. The highest BCUT2D eigenvalue weighted by molar-refractivity contribution is 4.73. The second-order valence-corrected chi connectivity index (χ2v) is 1.99. The molecule has 0 aromatic carbocycles. The monoisotopic (exact) mass is 153 g/mol. The van der Waals surface area contributed by atoms with Crippen LogP contribution < -0.4 is 0 Å². The second-order valence-electron chi connectivity index (χ2n) is 1.99. The van der Waals surface area contributed by atoms with Gasteiger partial charge in [-0.3, -0.25) is 0 Å². The predicted molar refractivity (Wildman–Crippen MR) is 32.2 cm³/mol. The van der Waals surface area contributed by atoms with Crippen molar-refractivity contribution in [3.8, 4) is 0 Å². The normalized spacial score (nSPS) is 20.1. The van der Waals surface area contributed by atoms with Crippen molar-refractivity contribution >= 4 is 0 Å². The van der Waals surface area contributed by atoms with E-state index in [1.807, 2.05) is 0 Å². The molecule has 0 saturated heterocycles. The minimum atomic E-state index is -1.49. The summed E-state index contributed by atoms with van der Waals surface area (Å²) in [5.41, 5.74) is 0. The summed E-state index contributed by atoms with van der Waals surface area (Å²) in [6, 6.07) is 0. The summed E-state index contributed by atoms with van der Waals surface area (Å²) in [5, 5.41) is 42.6.